The van der Waals surface area contributed by atoms with Gasteiger partial charge in [-0.1, -0.05) is 0 Å². The van der Waals surface area contributed by atoms with Crippen LogP contribution in [0.4, 0.5) is 4.39 Å². The summed E-state index contributed by atoms with van der Waals surface area (Å²) in [5, 5.41) is 0. The summed E-state index contributed by atoms with van der Waals surface area (Å²) >= 11 is 3.17. The number of aliphatic imine (C=N–C) groups is 1. The van der Waals surface area contributed by atoms with E-state index in [2.05, 4.69) is 20.9 Å². The number of carbonyl (C=O) groups is 1. The molecule has 1 aliphatic heterocycles. The van der Waals surface area contributed by atoms with E-state index in [-0.39, 0.29) is 17.4 Å². The fraction of sp³-hybridized carbons (Fsp3) is 0. The van der Waals surface area contributed by atoms with Gasteiger partial charge in [0.1, 0.15) is 11.6 Å². The molecule has 20 heavy (non-hydrogen) atoms. The van der Waals surface area contributed by atoms with E-state index < -0.39 is 5.97 Å². The number of halogens is 2. The summed E-state index contributed by atoms with van der Waals surface area (Å²) in [4.78, 5) is 15.8. The van der Waals surface area contributed by atoms with Crippen molar-refractivity contribution in [3.05, 3.63) is 63.9 Å². The van der Waals surface area contributed by atoms with E-state index in [0.29, 0.717) is 16.0 Å². The van der Waals surface area contributed by atoms with Gasteiger partial charge in [0.2, 0.25) is 5.90 Å². The van der Waals surface area contributed by atoms with Crippen LogP contribution in [0.1, 0.15) is 11.3 Å². The number of carbonyl (C=O) groups excluding carboxylic acids is 1. The molecule has 0 amide bonds. The molecule has 2 aromatic rings. The summed E-state index contributed by atoms with van der Waals surface area (Å²) in [5.41, 5.74) is 0.662. The third-order valence-electron chi connectivity index (χ3n) is 2.58. The second-order valence-corrected chi connectivity index (χ2v) is 4.77. The first-order valence-electron chi connectivity index (χ1n) is 5.66. The standard InChI is InChI=1S/C14H7BrFNO3/c15-12-6-5-10(19-12)7-11-14(18)20-13(17-11)8-1-3-9(16)4-2-8/h1-7H/b11-7-. The lowest BCUT2D eigenvalue weighted by Gasteiger charge is -1.98. The number of hydrogen-bond acceptors (Lipinski definition) is 4. The normalized spacial score (nSPS) is 16.4. The molecule has 0 N–H and O–H groups in total. The van der Waals surface area contributed by atoms with E-state index in [4.69, 9.17) is 9.15 Å². The molecule has 100 valence electrons. The van der Waals surface area contributed by atoms with Gasteiger partial charge in [0.25, 0.3) is 0 Å². The van der Waals surface area contributed by atoms with Gasteiger partial charge >= 0.3 is 5.97 Å². The third kappa shape index (κ3) is 2.55. The van der Waals surface area contributed by atoms with Crippen LogP contribution in [0.15, 0.2) is 56.2 Å². The maximum atomic E-state index is 12.8. The van der Waals surface area contributed by atoms with Gasteiger partial charge in [-0.05, 0) is 52.3 Å². The summed E-state index contributed by atoms with van der Waals surface area (Å²) < 4.78 is 23.7. The average Bonchev–Trinajstić information content (AvgIpc) is 2.98. The highest BCUT2D eigenvalue weighted by atomic mass is 79.9. The fourth-order valence-electron chi connectivity index (χ4n) is 1.67. The average molecular weight is 336 g/mol. The SMILES string of the molecule is O=C1OC(c2ccc(F)cc2)=N/C1=C\c1ccc(Br)o1. The maximum absolute atomic E-state index is 12.8. The Bertz CT molecular complexity index is 731. The van der Waals surface area contributed by atoms with Crippen LogP contribution < -0.4 is 0 Å². The van der Waals surface area contributed by atoms with E-state index in [9.17, 15) is 9.18 Å². The largest absolute Gasteiger partial charge is 0.450 e. The first-order chi connectivity index (χ1) is 9.61. The van der Waals surface area contributed by atoms with Crippen LogP contribution in [-0.2, 0) is 9.53 Å². The Morgan fingerprint density at radius 2 is 1.90 bits per heavy atom. The number of nitrogens with zero attached hydrogens (tertiary/aromatic N) is 1. The van der Waals surface area contributed by atoms with Gasteiger partial charge < -0.3 is 9.15 Å². The van der Waals surface area contributed by atoms with Crippen LogP contribution in [-0.4, -0.2) is 11.9 Å². The molecule has 1 aromatic heterocycles. The van der Waals surface area contributed by atoms with Crippen molar-refractivity contribution in [3.63, 3.8) is 0 Å². The molecule has 6 heteroatoms. The Balaban J connectivity index is 1.92. The third-order valence-corrected chi connectivity index (χ3v) is 3.01. The zero-order valence-electron chi connectivity index (χ0n) is 9.97. The van der Waals surface area contributed by atoms with Gasteiger partial charge in [0.05, 0.1) is 0 Å². The van der Waals surface area contributed by atoms with Crippen molar-refractivity contribution >= 4 is 33.9 Å². The van der Waals surface area contributed by atoms with Gasteiger partial charge in [-0.25, -0.2) is 14.2 Å². The second kappa shape index (κ2) is 5.05. The summed E-state index contributed by atoms with van der Waals surface area (Å²) in [6.45, 7) is 0. The van der Waals surface area contributed by atoms with E-state index in [0.717, 1.165) is 0 Å². The van der Waals surface area contributed by atoms with Gasteiger partial charge in [0.15, 0.2) is 10.4 Å². The van der Waals surface area contributed by atoms with Gasteiger partial charge in [-0.2, -0.15) is 0 Å². The molecule has 0 saturated heterocycles. The van der Waals surface area contributed by atoms with E-state index in [1.807, 2.05) is 0 Å². The maximum Gasteiger partial charge on any atom is 0.363 e. The van der Waals surface area contributed by atoms with Crippen LogP contribution >= 0.6 is 15.9 Å². The highest BCUT2D eigenvalue weighted by Crippen LogP contribution is 2.21. The van der Waals surface area contributed by atoms with Crippen molar-refractivity contribution in [3.8, 4) is 0 Å². The molecule has 1 aromatic carbocycles. The predicted octanol–water partition coefficient (Wildman–Crippen LogP) is 3.53. The summed E-state index contributed by atoms with van der Waals surface area (Å²) in [5.74, 6) is -0.313. The number of ether oxygens (including phenoxy) is 1. The molecule has 0 radical (unpaired) electrons. The molecule has 0 aliphatic carbocycles. The van der Waals surface area contributed by atoms with Crippen molar-refractivity contribution in [2.75, 3.05) is 0 Å². The highest BCUT2D eigenvalue weighted by molar-refractivity contribution is 9.10. The Morgan fingerprint density at radius 1 is 1.15 bits per heavy atom. The van der Waals surface area contributed by atoms with Crippen LogP contribution in [0.2, 0.25) is 0 Å². The van der Waals surface area contributed by atoms with E-state index >= 15 is 0 Å². The molecule has 0 saturated carbocycles. The molecule has 0 unspecified atom stereocenters. The van der Waals surface area contributed by atoms with Crippen molar-refractivity contribution in [2.24, 2.45) is 4.99 Å². The Morgan fingerprint density at radius 3 is 2.55 bits per heavy atom. The first-order valence-corrected chi connectivity index (χ1v) is 6.45. The lowest BCUT2D eigenvalue weighted by Crippen LogP contribution is -2.05. The van der Waals surface area contributed by atoms with Crippen LogP contribution in [0.3, 0.4) is 0 Å². The minimum absolute atomic E-state index is 0.131. The number of benzene rings is 1. The minimum atomic E-state index is -0.572. The van der Waals surface area contributed by atoms with Crippen LogP contribution in [0, 0.1) is 5.82 Å². The van der Waals surface area contributed by atoms with E-state index in [1.165, 1.54) is 30.3 Å². The molecule has 0 bridgehead atoms. The fourth-order valence-corrected chi connectivity index (χ4v) is 1.98. The Kier molecular flexibility index (Phi) is 3.23. The molecular formula is C14H7BrFNO3. The number of rotatable bonds is 2. The van der Waals surface area contributed by atoms with Gasteiger partial charge in [0, 0.05) is 11.6 Å². The molecule has 4 nitrogen and oxygen atoms in total. The monoisotopic (exact) mass is 335 g/mol. The molecule has 2 heterocycles. The van der Waals surface area contributed by atoms with Crippen LogP contribution in [0.25, 0.3) is 6.08 Å². The number of furan rings is 1. The predicted molar refractivity (Wildman–Crippen MR) is 73.4 cm³/mol. The summed E-state index contributed by atoms with van der Waals surface area (Å²) in [6.07, 6.45) is 1.48. The highest BCUT2D eigenvalue weighted by Gasteiger charge is 2.24. The van der Waals surface area contributed by atoms with Crippen molar-refractivity contribution in [1.82, 2.24) is 0 Å². The molecule has 0 spiro atoms. The Hall–Kier alpha value is -2.21. The molecular weight excluding hydrogens is 329 g/mol. The first kappa shape index (κ1) is 12.8. The topological polar surface area (TPSA) is 51.8 Å². The zero-order chi connectivity index (χ0) is 14.1. The quantitative estimate of drug-likeness (QED) is 0.623. The number of esters is 1. The smallest absolute Gasteiger partial charge is 0.363 e. The van der Waals surface area contributed by atoms with E-state index in [1.54, 1.807) is 12.1 Å². The molecule has 3 rings (SSSR count). The number of cyclic esters (lactones) is 1. The van der Waals surface area contributed by atoms with Crippen LogP contribution in [0.5, 0.6) is 0 Å². The van der Waals surface area contributed by atoms with Crippen molar-refractivity contribution < 1.29 is 18.3 Å². The summed E-state index contributed by atoms with van der Waals surface area (Å²) in [6, 6.07) is 8.93. The lowest BCUT2D eigenvalue weighted by atomic mass is 10.2. The Labute approximate surface area is 121 Å². The van der Waals surface area contributed by atoms with Gasteiger partial charge in [-0.15, -0.1) is 0 Å². The lowest BCUT2D eigenvalue weighted by molar-refractivity contribution is -0.129. The van der Waals surface area contributed by atoms with Gasteiger partial charge in [-0.3, -0.25) is 0 Å². The minimum Gasteiger partial charge on any atom is -0.450 e. The number of hydrogen-bond donors (Lipinski definition) is 0. The zero-order valence-corrected chi connectivity index (χ0v) is 11.6. The molecule has 1 aliphatic rings. The van der Waals surface area contributed by atoms with Crippen molar-refractivity contribution in [1.29, 1.82) is 0 Å². The summed E-state index contributed by atoms with van der Waals surface area (Å²) in [7, 11) is 0. The molecule has 0 fully saturated rings. The molecule has 0 atom stereocenters. The second-order valence-electron chi connectivity index (χ2n) is 3.98. The van der Waals surface area contributed by atoms with Crippen molar-refractivity contribution in [2.45, 2.75) is 0 Å².